The van der Waals surface area contributed by atoms with Crippen LogP contribution < -0.4 is 4.80 Å². The van der Waals surface area contributed by atoms with Crippen molar-refractivity contribution < 1.29 is 0 Å². The van der Waals surface area contributed by atoms with E-state index in [0.29, 0.717) is 0 Å². The molecule has 0 amide bonds. The van der Waals surface area contributed by atoms with Gasteiger partial charge in [-0.15, -0.1) is 17.9 Å². The zero-order chi connectivity index (χ0) is 17.1. The minimum Gasteiger partial charge on any atom is -0.313 e. The summed E-state index contributed by atoms with van der Waals surface area (Å²) >= 11 is 1.67. The van der Waals surface area contributed by atoms with Crippen molar-refractivity contribution in [3.8, 4) is 11.3 Å². The minimum absolute atomic E-state index is 0.746. The van der Waals surface area contributed by atoms with Gasteiger partial charge in [0.25, 0.3) is 0 Å². The number of allylic oxidation sites excluding steroid dienone is 1. The van der Waals surface area contributed by atoms with Crippen molar-refractivity contribution >= 4 is 17.0 Å². The van der Waals surface area contributed by atoms with E-state index in [-0.39, 0.29) is 0 Å². The van der Waals surface area contributed by atoms with Gasteiger partial charge in [-0.2, -0.15) is 0 Å². The Kier molecular flexibility index (Phi) is 4.81. The van der Waals surface area contributed by atoms with E-state index in [9.17, 15) is 0 Å². The third-order valence-electron chi connectivity index (χ3n) is 4.25. The fourth-order valence-corrected chi connectivity index (χ4v) is 3.57. The molecule has 0 aliphatic rings. The molecule has 1 aromatic heterocycles. The molecule has 0 unspecified atom stereocenters. The first-order valence-electron chi connectivity index (χ1n) is 8.07. The number of rotatable bonds is 4. The Balaban J connectivity index is 2.15. The van der Waals surface area contributed by atoms with E-state index in [1.165, 1.54) is 27.9 Å². The molecule has 0 N–H and O–H groups in total. The summed E-state index contributed by atoms with van der Waals surface area (Å²) in [6, 6.07) is 14.9. The summed E-state index contributed by atoms with van der Waals surface area (Å²) in [7, 11) is 0. The van der Waals surface area contributed by atoms with E-state index in [2.05, 4.69) is 79.8 Å². The van der Waals surface area contributed by atoms with Gasteiger partial charge in [-0.05, 0) is 43.5 Å². The van der Waals surface area contributed by atoms with Gasteiger partial charge in [0.2, 0.25) is 0 Å². The van der Waals surface area contributed by atoms with Gasteiger partial charge in [-0.25, -0.2) is 4.99 Å². The van der Waals surface area contributed by atoms with Gasteiger partial charge < -0.3 is 4.57 Å². The average molecular weight is 334 g/mol. The molecule has 3 aromatic rings. The highest BCUT2D eigenvalue weighted by atomic mass is 32.1. The maximum atomic E-state index is 4.92. The Hall–Kier alpha value is -2.39. The average Bonchev–Trinajstić information content (AvgIpc) is 2.96. The molecule has 1 heterocycles. The van der Waals surface area contributed by atoms with E-state index < -0.39 is 0 Å². The number of aromatic nitrogens is 1. The highest BCUT2D eigenvalue weighted by molar-refractivity contribution is 7.07. The van der Waals surface area contributed by atoms with Crippen LogP contribution in [0, 0.1) is 20.8 Å². The minimum atomic E-state index is 0.746. The smallest absolute Gasteiger partial charge is 0.190 e. The molecule has 0 saturated heterocycles. The third kappa shape index (κ3) is 3.26. The number of benzene rings is 2. The molecule has 2 nitrogen and oxygen atoms in total. The fraction of sp³-hybridized carbons (Fsp3) is 0.190. The van der Waals surface area contributed by atoms with Crippen molar-refractivity contribution in [1.82, 2.24) is 4.57 Å². The van der Waals surface area contributed by atoms with Crippen molar-refractivity contribution in [1.29, 1.82) is 0 Å². The van der Waals surface area contributed by atoms with Crippen molar-refractivity contribution in [3.05, 3.63) is 82.0 Å². The summed E-state index contributed by atoms with van der Waals surface area (Å²) in [4.78, 5) is 5.92. The topological polar surface area (TPSA) is 17.3 Å². The molecule has 0 atom stereocenters. The lowest BCUT2D eigenvalue weighted by molar-refractivity contribution is 0.800. The second-order valence-corrected chi connectivity index (χ2v) is 6.84. The van der Waals surface area contributed by atoms with Crippen LogP contribution >= 0.6 is 11.3 Å². The predicted octanol–water partition coefficient (Wildman–Crippen LogP) is 5.56. The molecular formula is C21H22N2S. The standard InChI is InChI=1S/C21H22N2S/c1-5-13-23-20(18-11-9-15(2)10-12-18)14-24-21(23)22-19-8-6-7-16(3)17(19)4/h5-12,14H,1,13H2,2-4H3. The van der Waals surface area contributed by atoms with E-state index >= 15 is 0 Å². The van der Waals surface area contributed by atoms with Crippen molar-refractivity contribution in [2.75, 3.05) is 0 Å². The molecule has 0 saturated carbocycles. The SMILES string of the molecule is C=CCn1c(-c2ccc(C)cc2)csc1=Nc1cccc(C)c1C. The largest absolute Gasteiger partial charge is 0.313 e. The van der Waals surface area contributed by atoms with Gasteiger partial charge in [-0.1, -0.05) is 48.0 Å². The van der Waals surface area contributed by atoms with E-state index in [1.54, 1.807) is 11.3 Å². The molecule has 0 fully saturated rings. The maximum absolute atomic E-state index is 4.92. The van der Waals surface area contributed by atoms with Crippen molar-refractivity contribution in [2.24, 2.45) is 4.99 Å². The van der Waals surface area contributed by atoms with Crippen LogP contribution in [0.25, 0.3) is 11.3 Å². The van der Waals surface area contributed by atoms with Crippen LogP contribution in [0.3, 0.4) is 0 Å². The van der Waals surface area contributed by atoms with Crippen molar-refractivity contribution in [2.45, 2.75) is 27.3 Å². The summed E-state index contributed by atoms with van der Waals surface area (Å²) in [5.41, 5.74) is 7.19. The highest BCUT2D eigenvalue weighted by Gasteiger charge is 2.08. The van der Waals surface area contributed by atoms with Gasteiger partial charge in [-0.3, -0.25) is 0 Å². The van der Waals surface area contributed by atoms with Gasteiger partial charge in [0.05, 0.1) is 11.4 Å². The molecule has 3 heteroatoms. The lowest BCUT2D eigenvalue weighted by atomic mass is 10.1. The summed E-state index contributed by atoms with van der Waals surface area (Å²) in [6.45, 7) is 11.0. The molecule has 0 radical (unpaired) electrons. The van der Waals surface area contributed by atoms with Gasteiger partial charge in [0.15, 0.2) is 4.80 Å². The molecule has 122 valence electrons. The Labute approximate surface area is 147 Å². The Morgan fingerprint density at radius 3 is 2.54 bits per heavy atom. The molecular weight excluding hydrogens is 312 g/mol. The van der Waals surface area contributed by atoms with E-state index in [1.807, 2.05) is 6.08 Å². The van der Waals surface area contributed by atoms with E-state index in [4.69, 9.17) is 4.99 Å². The Morgan fingerprint density at radius 1 is 1.08 bits per heavy atom. The lowest BCUT2D eigenvalue weighted by Crippen LogP contribution is -2.14. The molecule has 0 aliphatic heterocycles. The summed E-state index contributed by atoms with van der Waals surface area (Å²) in [6.07, 6.45) is 1.92. The van der Waals surface area contributed by atoms with Crippen LogP contribution in [-0.4, -0.2) is 4.57 Å². The molecule has 3 rings (SSSR count). The van der Waals surface area contributed by atoms with Crippen LogP contribution in [0.2, 0.25) is 0 Å². The van der Waals surface area contributed by atoms with Gasteiger partial charge >= 0.3 is 0 Å². The first-order valence-corrected chi connectivity index (χ1v) is 8.95. The number of thiazole rings is 1. The van der Waals surface area contributed by atoms with Crippen LogP contribution in [-0.2, 0) is 6.54 Å². The van der Waals surface area contributed by atoms with Crippen LogP contribution in [0.15, 0.2) is 65.5 Å². The first-order chi connectivity index (χ1) is 11.6. The predicted molar refractivity (Wildman–Crippen MR) is 104 cm³/mol. The second kappa shape index (κ2) is 7.02. The second-order valence-electron chi connectivity index (χ2n) is 6.00. The highest BCUT2D eigenvalue weighted by Crippen LogP contribution is 2.23. The summed E-state index contributed by atoms with van der Waals surface area (Å²) < 4.78 is 2.23. The number of hydrogen-bond donors (Lipinski definition) is 0. The number of hydrogen-bond acceptors (Lipinski definition) is 2. The number of nitrogens with zero attached hydrogens (tertiary/aromatic N) is 2. The monoisotopic (exact) mass is 334 g/mol. The molecule has 2 aromatic carbocycles. The van der Waals surface area contributed by atoms with Gasteiger partial charge in [0.1, 0.15) is 0 Å². The van der Waals surface area contributed by atoms with Crippen LogP contribution in [0.1, 0.15) is 16.7 Å². The quantitative estimate of drug-likeness (QED) is 0.556. The summed E-state index contributed by atoms with van der Waals surface area (Å²) in [5.74, 6) is 0. The zero-order valence-electron chi connectivity index (χ0n) is 14.4. The zero-order valence-corrected chi connectivity index (χ0v) is 15.2. The normalized spacial score (nSPS) is 11.7. The van der Waals surface area contributed by atoms with E-state index in [0.717, 1.165) is 17.0 Å². The first kappa shape index (κ1) is 16.5. The van der Waals surface area contributed by atoms with Crippen LogP contribution in [0.4, 0.5) is 5.69 Å². The molecule has 0 bridgehead atoms. The maximum Gasteiger partial charge on any atom is 0.190 e. The Bertz CT molecular complexity index is 927. The molecule has 0 aliphatic carbocycles. The molecule has 24 heavy (non-hydrogen) atoms. The fourth-order valence-electron chi connectivity index (χ4n) is 2.64. The number of aryl methyl sites for hydroxylation is 2. The van der Waals surface area contributed by atoms with Gasteiger partial charge in [0, 0.05) is 11.9 Å². The lowest BCUT2D eigenvalue weighted by Gasteiger charge is -2.08. The molecule has 0 spiro atoms. The Morgan fingerprint density at radius 2 is 1.83 bits per heavy atom. The van der Waals surface area contributed by atoms with Crippen LogP contribution in [0.5, 0.6) is 0 Å². The van der Waals surface area contributed by atoms with Crippen molar-refractivity contribution in [3.63, 3.8) is 0 Å². The third-order valence-corrected chi connectivity index (χ3v) is 5.11. The summed E-state index contributed by atoms with van der Waals surface area (Å²) in [5, 5.41) is 2.18.